The summed E-state index contributed by atoms with van der Waals surface area (Å²) < 4.78 is 19.2. The van der Waals surface area contributed by atoms with Crippen LogP contribution in [0.4, 0.5) is 4.39 Å². The lowest BCUT2D eigenvalue weighted by molar-refractivity contribution is -0.127. The molecule has 0 saturated heterocycles. The van der Waals surface area contributed by atoms with Crippen LogP contribution in [0.1, 0.15) is 24.1 Å². The number of ether oxygens (including phenoxy) is 1. The van der Waals surface area contributed by atoms with E-state index in [-0.39, 0.29) is 11.7 Å². The lowest BCUT2D eigenvalue weighted by atomic mass is 10.00. The molecule has 3 rings (SSSR count). The van der Waals surface area contributed by atoms with E-state index in [4.69, 9.17) is 16.3 Å². The van der Waals surface area contributed by atoms with Gasteiger partial charge in [0.15, 0.2) is 17.7 Å². The molecule has 4 nitrogen and oxygen atoms in total. The van der Waals surface area contributed by atoms with Crippen molar-refractivity contribution < 1.29 is 13.9 Å². The number of amides is 1. The van der Waals surface area contributed by atoms with Gasteiger partial charge in [-0.2, -0.15) is 0 Å². The van der Waals surface area contributed by atoms with Gasteiger partial charge in [-0.3, -0.25) is 9.78 Å². The molecule has 1 aromatic heterocycles. The van der Waals surface area contributed by atoms with E-state index >= 15 is 0 Å². The monoisotopic (exact) mass is 384 g/mol. The highest BCUT2D eigenvalue weighted by Crippen LogP contribution is 2.24. The first-order valence-electron chi connectivity index (χ1n) is 8.41. The lowest BCUT2D eigenvalue weighted by Crippen LogP contribution is -2.39. The minimum Gasteiger partial charge on any atom is -0.478 e. The molecule has 2 aromatic carbocycles. The quantitative estimate of drug-likeness (QED) is 0.678. The van der Waals surface area contributed by atoms with Crippen LogP contribution in [0.5, 0.6) is 5.75 Å². The van der Waals surface area contributed by atoms with Crippen molar-refractivity contribution in [3.8, 4) is 5.75 Å². The Labute approximate surface area is 162 Å². The summed E-state index contributed by atoms with van der Waals surface area (Å²) in [6.07, 6.45) is 2.46. The van der Waals surface area contributed by atoms with E-state index in [2.05, 4.69) is 10.3 Å². The molecular formula is C21H18ClFN2O2. The van der Waals surface area contributed by atoms with Crippen LogP contribution in [0, 0.1) is 5.82 Å². The van der Waals surface area contributed by atoms with Gasteiger partial charge in [0, 0.05) is 17.4 Å². The van der Waals surface area contributed by atoms with Crippen LogP contribution in [0.25, 0.3) is 0 Å². The Morgan fingerprint density at radius 3 is 2.48 bits per heavy atom. The van der Waals surface area contributed by atoms with E-state index in [9.17, 15) is 9.18 Å². The van der Waals surface area contributed by atoms with Gasteiger partial charge in [-0.25, -0.2) is 4.39 Å². The molecule has 0 fully saturated rings. The molecule has 0 bridgehead atoms. The van der Waals surface area contributed by atoms with E-state index < -0.39 is 18.0 Å². The van der Waals surface area contributed by atoms with Gasteiger partial charge in [-0.1, -0.05) is 41.9 Å². The average Bonchev–Trinajstić information content (AvgIpc) is 2.69. The van der Waals surface area contributed by atoms with Crippen molar-refractivity contribution in [3.05, 3.63) is 95.0 Å². The van der Waals surface area contributed by atoms with Gasteiger partial charge in [-0.15, -0.1) is 0 Å². The molecule has 0 aliphatic rings. The van der Waals surface area contributed by atoms with Crippen molar-refractivity contribution in [2.75, 3.05) is 0 Å². The van der Waals surface area contributed by atoms with Crippen LogP contribution in [-0.2, 0) is 4.79 Å². The first kappa shape index (κ1) is 18.9. The summed E-state index contributed by atoms with van der Waals surface area (Å²) in [4.78, 5) is 16.8. The number of aromatic nitrogens is 1. The third kappa shape index (κ3) is 4.83. The van der Waals surface area contributed by atoms with Gasteiger partial charge >= 0.3 is 0 Å². The molecule has 0 saturated carbocycles. The Morgan fingerprint density at radius 1 is 1.07 bits per heavy atom. The maximum atomic E-state index is 13.8. The fourth-order valence-corrected chi connectivity index (χ4v) is 2.73. The number of benzene rings is 2. The second kappa shape index (κ2) is 8.64. The third-order valence-electron chi connectivity index (χ3n) is 4.02. The van der Waals surface area contributed by atoms with Crippen molar-refractivity contribution in [3.63, 3.8) is 0 Å². The van der Waals surface area contributed by atoms with Gasteiger partial charge in [-0.05, 0) is 48.4 Å². The molecule has 0 unspecified atom stereocenters. The molecular weight excluding hydrogens is 367 g/mol. The van der Waals surface area contributed by atoms with E-state index in [0.29, 0.717) is 5.02 Å². The average molecular weight is 385 g/mol. The minimum absolute atomic E-state index is 0.0320. The number of pyridine rings is 1. The summed E-state index contributed by atoms with van der Waals surface area (Å²) in [6, 6.07) is 16.4. The zero-order valence-electron chi connectivity index (χ0n) is 14.6. The Hall–Kier alpha value is -2.92. The summed E-state index contributed by atoms with van der Waals surface area (Å²) in [5.74, 6) is -0.856. The number of carbonyl (C=O) groups is 1. The van der Waals surface area contributed by atoms with E-state index in [0.717, 1.165) is 11.1 Å². The van der Waals surface area contributed by atoms with Crippen molar-refractivity contribution in [1.82, 2.24) is 10.3 Å². The highest BCUT2D eigenvalue weighted by molar-refractivity contribution is 6.30. The van der Waals surface area contributed by atoms with Crippen molar-refractivity contribution in [2.45, 2.75) is 19.1 Å². The zero-order chi connectivity index (χ0) is 19.2. The number of hydrogen-bond donors (Lipinski definition) is 1. The topological polar surface area (TPSA) is 51.2 Å². The summed E-state index contributed by atoms with van der Waals surface area (Å²) >= 11 is 5.97. The molecule has 3 aromatic rings. The Balaban J connectivity index is 1.80. The van der Waals surface area contributed by atoms with Crippen LogP contribution < -0.4 is 10.1 Å². The van der Waals surface area contributed by atoms with Crippen molar-refractivity contribution >= 4 is 17.5 Å². The summed E-state index contributed by atoms with van der Waals surface area (Å²) in [6.45, 7) is 1.57. The van der Waals surface area contributed by atoms with Crippen LogP contribution in [0.2, 0.25) is 5.02 Å². The Morgan fingerprint density at radius 2 is 1.81 bits per heavy atom. The molecule has 1 amide bonds. The van der Waals surface area contributed by atoms with E-state index in [1.54, 1.807) is 49.6 Å². The van der Waals surface area contributed by atoms with Gasteiger partial charge < -0.3 is 10.1 Å². The molecule has 27 heavy (non-hydrogen) atoms. The largest absolute Gasteiger partial charge is 0.478 e. The molecule has 0 aliphatic heterocycles. The number of para-hydroxylation sites is 1. The smallest absolute Gasteiger partial charge is 0.261 e. The van der Waals surface area contributed by atoms with Gasteiger partial charge in [0.25, 0.3) is 5.91 Å². The predicted octanol–water partition coefficient (Wildman–Crippen LogP) is 4.55. The molecule has 0 aliphatic carbocycles. The first-order chi connectivity index (χ1) is 13.0. The number of nitrogens with one attached hydrogen (secondary N) is 1. The zero-order valence-corrected chi connectivity index (χ0v) is 15.4. The third-order valence-corrected chi connectivity index (χ3v) is 4.27. The van der Waals surface area contributed by atoms with Gasteiger partial charge in [0.2, 0.25) is 0 Å². The highest BCUT2D eigenvalue weighted by atomic mass is 35.5. The molecule has 1 N–H and O–H groups in total. The Kier molecular flexibility index (Phi) is 6.04. The van der Waals surface area contributed by atoms with Gasteiger partial charge in [0.1, 0.15) is 0 Å². The molecule has 6 heteroatoms. The predicted molar refractivity (Wildman–Crippen MR) is 102 cm³/mol. The van der Waals surface area contributed by atoms with E-state index in [1.807, 2.05) is 18.2 Å². The van der Waals surface area contributed by atoms with Crippen LogP contribution in [0.3, 0.4) is 0 Å². The normalized spacial score (nSPS) is 12.9. The fraction of sp³-hybridized carbons (Fsp3) is 0.143. The summed E-state index contributed by atoms with van der Waals surface area (Å²) in [7, 11) is 0. The fourth-order valence-electron chi connectivity index (χ4n) is 2.60. The second-order valence-electron chi connectivity index (χ2n) is 5.97. The lowest BCUT2D eigenvalue weighted by Gasteiger charge is -2.22. The second-order valence-corrected chi connectivity index (χ2v) is 6.41. The summed E-state index contributed by atoms with van der Waals surface area (Å²) in [5.41, 5.74) is 1.66. The SMILES string of the molecule is C[C@H](Oc1ccccc1F)C(=O)N[C@@H](c1ccc(Cl)cc1)c1cccnc1. The van der Waals surface area contributed by atoms with Crippen molar-refractivity contribution in [2.24, 2.45) is 0 Å². The first-order valence-corrected chi connectivity index (χ1v) is 8.79. The number of nitrogens with zero attached hydrogens (tertiary/aromatic N) is 1. The minimum atomic E-state index is -0.881. The number of carbonyl (C=O) groups excluding carboxylic acids is 1. The molecule has 138 valence electrons. The van der Waals surface area contributed by atoms with Gasteiger partial charge in [0.05, 0.1) is 6.04 Å². The maximum Gasteiger partial charge on any atom is 0.261 e. The standard InChI is InChI=1S/C21H18ClFN2O2/c1-14(27-19-7-3-2-6-18(19)23)21(26)25-20(16-5-4-12-24-13-16)15-8-10-17(22)11-9-15/h2-14,20H,1H3,(H,25,26)/t14-,20-/m0/s1. The number of halogens is 2. The number of hydrogen-bond acceptors (Lipinski definition) is 3. The van der Waals surface area contributed by atoms with Crippen LogP contribution in [0.15, 0.2) is 73.1 Å². The highest BCUT2D eigenvalue weighted by Gasteiger charge is 2.22. The molecule has 1 heterocycles. The molecule has 0 radical (unpaired) electrons. The molecule has 2 atom stereocenters. The molecule has 0 spiro atoms. The van der Waals surface area contributed by atoms with Crippen molar-refractivity contribution in [1.29, 1.82) is 0 Å². The van der Waals surface area contributed by atoms with Crippen LogP contribution in [-0.4, -0.2) is 17.0 Å². The number of rotatable bonds is 6. The van der Waals surface area contributed by atoms with Crippen LogP contribution >= 0.6 is 11.6 Å². The Bertz CT molecular complexity index is 904. The summed E-state index contributed by atoms with van der Waals surface area (Å²) in [5, 5.41) is 3.54. The maximum absolute atomic E-state index is 13.8. The van der Waals surface area contributed by atoms with E-state index in [1.165, 1.54) is 12.1 Å².